The maximum absolute atomic E-state index is 13.5. The number of benzene rings is 2. The number of carbonyl (C=O) groups excluding carboxylic acids is 3. The summed E-state index contributed by atoms with van der Waals surface area (Å²) < 4.78 is 17.0. The first-order valence-corrected chi connectivity index (χ1v) is 14.1. The number of hydrogen-bond donors (Lipinski definition) is 0. The van der Waals surface area contributed by atoms with Gasteiger partial charge in [-0.3, -0.25) is 14.2 Å². The van der Waals surface area contributed by atoms with Crippen LogP contribution < -0.4 is 4.74 Å². The lowest BCUT2D eigenvalue weighted by Crippen LogP contribution is -2.25. The molecule has 224 valence electrons. The van der Waals surface area contributed by atoms with E-state index in [2.05, 4.69) is 9.83 Å². The number of unbranched alkanes of at least 4 members (excludes halogenated alkanes) is 1. The van der Waals surface area contributed by atoms with Crippen LogP contribution in [0.5, 0.6) is 5.75 Å². The zero-order chi connectivity index (χ0) is 30.6. The van der Waals surface area contributed by atoms with Crippen LogP contribution in [0.25, 0.3) is 10.9 Å². The van der Waals surface area contributed by atoms with Crippen LogP contribution in [0.4, 0.5) is 0 Å². The number of rotatable bonds is 15. The molecule has 3 rings (SSSR count). The number of ether oxygens (including phenoxy) is 3. The van der Waals surface area contributed by atoms with Gasteiger partial charge in [-0.05, 0) is 67.8 Å². The first-order chi connectivity index (χ1) is 20.2. The summed E-state index contributed by atoms with van der Waals surface area (Å²) in [6, 6.07) is 10.8. The van der Waals surface area contributed by atoms with Crippen molar-refractivity contribution in [2.45, 2.75) is 32.2 Å². The molecule has 14 heteroatoms. The first kappa shape index (κ1) is 32.4. The van der Waals surface area contributed by atoms with Gasteiger partial charge in [0, 0.05) is 33.8 Å². The van der Waals surface area contributed by atoms with Crippen LogP contribution in [0, 0.1) is 17.0 Å². The van der Waals surface area contributed by atoms with E-state index in [-0.39, 0.29) is 36.4 Å². The molecule has 0 fully saturated rings. The highest BCUT2D eigenvalue weighted by atomic mass is 35.5. The number of carbonyl (C=O) groups is 3. The molecule has 3 aromatic rings. The Kier molecular flexibility index (Phi) is 12.2. The van der Waals surface area contributed by atoms with E-state index in [9.17, 15) is 24.5 Å². The smallest absolute Gasteiger partial charge is 0.331 e. The zero-order valence-electron chi connectivity index (χ0n) is 23.2. The Morgan fingerprint density at radius 1 is 1.12 bits per heavy atom. The largest absolute Gasteiger partial charge is 0.497 e. The normalized spacial score (nSPS) is 11.8. The minimum absolute atomic E-state index is 0.00727. The van der Waals surface area contributed by atoms with Gasteiger partial charge in [-0.25, -0.2) is 9.79 Å². The van der Waals surface area contributed by atoms with E-state index in [4.69, 9.17) is 25.8 Å². The average molecular weight is 620 g/mol. The fourth-order valence-electron chi connectivity index (χ4n) is 4.08. The Labute approximate surface area is 251 Å². The molecule has 1 heterocycles. The molecule has 0 amide bonds. The summed E-state index contributed by atoms with van der Waals surface area (Å²) >= 11 is 6.90. The van der Waals surface area contributed by atoms with E-state index in [0.29, 0.717) is 51.3 Å². The van der Waals surface area contributed by atoms with Crippen molar-refractivity contribution in [1.29, 1.82) is 0 Å². The fraction of sp³-hybridized carbons (Fsp3) is 0.357. The van der Waals surface area contributed by atoms with Gasteiger partial charge in [-0.15, -0.1) is 10.1 Å². The lowest BCUT2D eigenvalue weighted by Gasteiger charge is -2.12. The summed E-state index contributed by atoms with van der Waals surface area (Å²) in [6.07, 6.45) is 1.75. The van der Waals surface area contributed by atoms with Crippen molar-refractivity contribution in [3.63, 3.8) is 0 Å². The third kappa shape index (κ3) is 8.70. The van der Waals surface area contributed by atoms with E-state index in [1.165, 1.54) is 14.2 Å². The lowest BCUT2D eigenvalue weighted by atomic mass is 10.1. The molecule has 0 aliphatic rings. The lowest BCUT2D eigenvalue weighted by molar-refractivity contribution is -0.757. The summed E-state index contributed by atoms with van der Waals surface area (Å²) in [6.45, 7) is 1.68. The van der Waals surface area contributed by atoms with Crippen LogP contribution in [0.1, 0.15) is 34.5 Å². The average Bonchev–Trinajstić information content (AvgIpc) is 3.24. The molecule has 0 spiro atoms. The predicted molar refractivity (Wildman–Crippen MR) is 158 cm³/mol. The molecular weight excluding hydrogens is 590 g/mol. The molecule has 0 radical (unpaired) electrons. The number of fused-ring (bicyclic) bond motifs is 1. The number of hydrogen-bond acceptors (Lipinski definition) is 11. The third-order valence-corrected chi connectivity index (χ3v) is 7.36. The maximum Gasteiger partial charge on any atom is 0.331 e. The van der Waals surface area contributed by atoms with Crippen molar-refractivity contribution >= 4 is 57.7 Å². The summed E-state index contributed by atoms with van der Waals surface area (Å²) in [5.74, 6) is -0.369. The minimum Gasteiger partial charge on any atom is -0.497 e. The second-order valence-electron chi connectivity index (χ2n) is 8.89. The molecule has 0 saturated carbocycles. The highest BCUT2D eigenvalue weighted by molar-refractivity contribution is 8.13. The molecule has 1 aromatic heterocycles. The van der Waals surface area contributed by atoms with Gasteiger partial charge < -0.3 is 19.0 Å². The number of aromatic nitrogens is 1. The number of nitrogens with zero attached hydrogens (tertiary/aromatic N) is 3. The number of thioether (sulfide) groups is 1. The van der Waals surface area contributed by atoms with E-state index >= 15 is 0 Å². The van der Waals surface area contributed by atoms with Crippen LogP contribution in [-0.2, 0) is 30.3 Å². The van der Waals surface area contributed by atoms with Crippen molar-refractivity contribution < 1.29 is 38.5 Å². The Bertz CT molecular complexity index is 1460. The van der Waals surface area contributed by atoms with E-state index in [0.717, 1.165) is 18.2 Å². The zero-order valence-corrected chi connectivity index (χ0v) is 24.8. The van der Waals surface area contributed by atoms with Crippen molar-refractivity contribution in [2.24, 2.45) is 4.99 Å². The molecule has 0 N–H and O–H groups in total. The molecule has 0 bridgehead atoms. The molecule has 42 heavy (non-hydrogen) atoms. The minimum atomic E-state index is -1.01. The van der Waals surface area contributed by atoms with Gasteiger partial charge >= 0.3 is 5.97 Å². The van der Waals surface area contributed by atoms with Crippen molar-refractivity contribution in [1.82, 2.24) is 4.57 Å². The van der Waals surface area contributed by atoms with Crippen molar-refractivity contribution in [3.8, 4) is 5.75 Å². The van der Waals surface area contributed by atoms with Crippen LogP contribution in [0.3, 0.4) is 0 Å². The highest BCUT2D eigenvalue weighted by Gasteiger charge is 2.24. The molecule has 2 aromatic carbocycles. The molecule has 1 atom stereocenters. The molecule has 0 aliphatic heterocycles. The molecule has 0 saturated heterocycles. The summed E-state index contributed by atoms with van der Waals surface area (Å²) in [5, 5.41) is 10.3. The Hall–Kier alpha value is -4.10. The molecular formula is C28H30ClN3O9S. The number of halogens is 1. The van der Waals surface area contributed by atoms with Gasteiger partial charge in [0.1, 0.15) is 5.75 Å². The quantitative estimate of drug-likeness (QED) is 0.0586. The van der Waals surface area contributed by atoms with Gasteiger partial charge in [0.25, 0.3) is 11.0 Å². The molecule has 1 unspecified atom stereocenters. The fourth-order valence-corrected chi connectivity index (χ4v) is 5.02. The van der Waals surface area contributed by atoms with E-state index in [1.807, 2.05) is 0 Å². The van der Waals surface area contributed by atoms with Gasteiger partial charge in [0.2, 0.25) is 0 Å². The summed E-state index contributed by atoms with van der Waals surface area (Å²) in [7, 11) is 2.91. The SMILES string of the molecule is CO/C=N\C(CSC(=O)Cc1c(C)n(C(=O)c2ccc(Cl)cc2)c2ccc(OC)cc12)C(=O)OCCCCO[N+](=O)[O-]. The second kappa shape index (κ2) is 15.8. The Balaban J connectivity index is 1.74. The van der Waals surface area contributed by atoms with E-state index in [1.54, 1.807) is 54.0 Å². The van der Waals surface area contributed by atoms with E-state index < -0.39 is 17.1 Å². The Morgan fingerprint density at radius 3 is 2.50 bits per heavy atom. The predicted octanol–water partition coefficient (Wildman–Crippen LogP) is 4.68. The maximum atomic E-state index is 13.5. The monoisotopic (exact) mass is 619 g/mol. The van der Waals surface area contributed by atoms with Gasteiger partial charge in [0.15, 0.2) is 17.6 Å². The number of methoxy groups -OCH3 is 2. The summed E-state index contributed by atoms with van der Waals surface area (Å²) in [4.78, 5) is 57.7. The second-order valence-corrected chi connectivity index (χ2v) is 10.4. The number of aliphatic imine (C=N–C) groups is 1. The van der Waals surface area contributed by atoms with Crippen LogP contribution in [0.15, 0.2) is 47.5 Å². The highest BCUT2D eigenvalue weighted by Crippen LogP contribution is 2.32. The summed E-state index contributed by atoms with van der Waals surface area (Å²) in [5.41, 5.74) is 2.31. The molecule has 12 nitrogen and oxygen atoms in total. The van der Waals surface area contributed by atoms with Gasteiger partial charge in [-0.2, -0.15) is 0 Å². The van der Waals surface area contributed by atoms with Gasteiger partial charge in [-0.1, -0.05) is 23.4 Å². The number of esters is 1. The first-order valence-electron chi connectivity index (χ1n) is 12.8. The van der Waals surface area contributed by atoms with Crippen molar-refractivity contribution in [3.05, 3.63) is 74.4 Å². The van der Waals surface area contributed by atoms with Crippen molar-refractivity contribution in [2.75, 3.05) is 33.2 Å². The standard InChI is InChI=1S/C28H30ClN3O9S/c1-18-22(15-26(33)42-16-24(30-17-38-2)28(35)40-12-4-5-13-41-32(36)37)23-14-21(39-3)10-11-25(23)31(18)27(34)19-6-8-20(29)9-7-19/h6-11,14,17,24H,4-5,12-13,15-16H2,1-3H3/b30-17-. The molecule has 0 aliphatic carbocycles. The third-order valence-electron chi connectivity index (χ3n) is 6.16. The van der Waals surface area contributed by atoms with Crippen LogP contribution in [0.2, 0.25) is 5.02 Å². The topological polar surface area (TPSA) is 149 Å². The van der Waals surface area contributed by atoms with Gasteiger partial charge in [0.05, 0.1) is 33.0 Å². The van der Waals surface area contributed by atoms with Crippen LogP contribution in [-0.4, -0.2) is 72.3 Å². The van der Waals surface area contributed by atoms with Crippen LogP contribution >= 0.6 is 23.4 Å². The Morgan fingerprint density at radius 2 is 1.83 bits per heavy atom.